The number of nitrogens with one attached hydrogen (secondary N) is 2. The molecule has 2 aromatic heterocycles. The van der Waals surface area contributed by atoms with Crippen LogP contribution in [-0.2, 0) is 11.3 Å². The number of para-hydroxylation sites is 2. The van der Waals surface area contributed by atoms with Gasteiger partial charge in [0, 0.05) is 25.5 Å². The molecule has 0 aliphatic rings. The minimum absolute atomic E-state index is 0.0497. The Labute approximate surface area is 138 Å². The van der Waals surface area contributed by atoms with E-state index in [0.717, 1.165) is 18.7 Å². The van der Waals surface area contributed by atoms with E-state index in [1.54, 1.807) is 36.7 Å². The maximum atomic E-state index is 12.0. The second-order valence-corrected chi connectivity index (χ2v) is 5.29. The highest BCUT2D eigenvalue weighted by Crippen LogP contribution is 2.11. The van der Waals surface area contributed by atoms with Gasteiger partial charge in [0.2, 0.25) is 5.91 Å². The Hall–Kier alpha value is -3.09. The summed E-state index contributed by atoms with van der Waals surface area (Å²) in [5.41, 5.74) is 2.05. The van der Waals surface area contributed by atoms with Crippen LogP contribution in [0.1, 0.15) is 6.42 Å². The third kappa shape index (κ3) is 3.81. The molecule has 0 aliphatic carbocycles. The van der Waals surface area contributed by atoms with Crippen LogP contribution >= 0.6 is 0 Å². The van der Waals surface area contributed by atoms with Crippen molar-refractivity contribution in [1.29, 1.82) is 0 Å². The monoisotopic (exact) mass is 326 g/mol. The predicted octanol–water partition coefficient (Wildman–Crippen LogP) is 1.61. The van der Waals surface area contributed by atoms with Gasteiger partial charge < -0.3 is 15.1 Å². The van der Waals surface area contributed by atoms with Crippen molar-refractivity contribution in [2.45, 2.75) is 13.0 Å². The van der Waals surface area contributed by atoms with Crippen molar-refractivity contribution < 1.29 is 9.21 Å². The van der Waals surface area contributed by atoms with Crippen LogP contribution in [0.4, 0.5) is 5.69 Å². The van der Waals surface area contributed by atoms with Crippen LogP contribution in [0, 0.1) is 0 Å². The van der Waals surface area contributed by atoms with Crippen molar-refractivity contribution in [3.63, 3.8) is 0 Å². The maximum absolute atomic E-state index is 12.0. The van der Waals surface area contributed by atoms with Crippen molar-refractivity contribution in [2.75, 3.05) is 18.4 Å². The number of carbonyl (C=O) groups excluding carboxylic acids is 1. The molecule has 0 saturated heterocycles. The van der Waals surface area contributed by atoms with Gasteiger partial charge in [-0.1, -0.05) is 12.1 Å². The molecule has 0 bridgehead atoms. The number of amides is 1. The summed E-state index contributed by atoms with van der Waals surface area (Å²) < 4.78 is 6.44. The maximum Gasteiger partial charge on any atom is 0.420 e. The molecule has 0 radical (unpaired) electrons. The van der Waals surface area contributed by atoms with Gasteiger partial charge in [0.05, 0.1) is 11.2 Å². The van der Waals surface area contributed by atoms with Gasteiger partial charge in [0.25, 0.3) is 0 Å². The summed E-state index contributed by atoms with van der Waals surface area (Å²) in [6.07, 6.45) is 4.23. The quantitative estimate of drug-likeness (QED) is 0.644. The van der Waals surface area contributed by atoms with Crippen molar-refractivity contribution in [3.8, 4) is 0 Å². The number of anilines is 1. The summed E-state index contributed by atoms with van der Waals surface area (Å²) >= 11 is 0. The van der Waals surface area contributed by atoms with Gasteiger partial charge in [-0.2, -0.15) is 0 Å². The molecular formula is C17H18N4O3. The van der Waals surface area contributed by atoms with Crippen LogP contribution in [-0.4, -0.2) is 28.5 Å². The molecule has 2 heterocycles. The van der Waals surface area contributed by atoms with E-state index in [9.17, 15) is 9.59 Å². The van der Waals surface area contributed by atoms with Crippen LogP contribution in [0.5, 0.6) is 0 Å². The molecule has 0 saturated carbocycles. The highest BCUT2D eigenvalue weighted by Gasteiger charge is 2.11. The highest BCUT2D eigenvalue weighted by atomic mass is 16.4. The SMILES string of the molecule is O=C(Cn1c(=O)oc2ccccc21)NCCCNc1cccnc1. The molecule has 2 N–H and O–H groups in total. The fraction of sp³-hybridized carbons (Fsp3) is 0.235. The Morgan fingerprint density at radius 3 is 2.88 bits per heavy atom. The number of oxazole rings is 1. The van der Waals surface area contributed by atoms with Gasteiger partial charge in [-0.05, 0) is 30.7 Å². The zero-order valence-electron chi connectivity index (χ0n) is 13.1. The zero-order chi connectivity index (χ0) is 16.8. The minimum atomic E-state index is -0.524. The molecule has 1 amide bonds. The van der Waals surface area contributed by atoms with E-state index in [2.05, 4.69) is 15.6 Å². The molecular weight excluding hydrogens is 308 g/mol. The third-order valence-corrected chi connectivity index (χ3v) is 3.54. The Morgan fingerprint density at radius 1 is 1.17 bits per heavy atom. The first kappa shape index (κ1) is 15.8. The third-order valence-electron chi connectivity index (χ3n) is 3.54. The number of fused-ring (bicyclic) bond motifs is 1. The number of rotatable bonds is 7. The molecule has 7 heteroatoms. The number of aromatic nitrogens is 2. The first-order valence-corrected chi connectivity index (χ1v) is 7.73. The predicted molar refractivity (Wildman–Crippen MR) is 90.8 cm³/mol. The molecule has 3 aromatic rings. The van der Waals surface area contributed by atoms with Crippen molar-refractivity contribution in [1.82, 2.24) is 14.9 Å². The lowest BCUT2D eigenvalue weighted by Gasteiger charge is -2.07. The first-order chi connectivity index (χ1) is 11.7. The molecule has 0 aliphatic heterocycles. The Bertz CT molecular complexity index is 870. The minimum Gasteiger partial charge on any atom is -0.408 e. The lowest BCUT2D eigenvalue weighted by Crippen LogP contribution is -2.32. The molecule has 3 rings (SSSR count). The molecule has 1 aromatic carbocycles. The molecule has 0 atom stereocenters. The smallest absolute Gasteiger partial charge is 0.408 e. The number of benzene rings is 1. The van der Waals surface area contributed by atoms with E-state index in [-0.39, 0.29) is 12.5 Å². The van der Waals surface area contributed by atoms with E-state index in [1.807, 2.05) is 12.1 Å². The average molecular weight is 326 g/mol. The zero-order valence-corrected chi connectivity index (χ0v) is 13.1. The summed E-state index contributed by atoms with van der Waals surface area (Å²) in [5.74, 6) is -0.741. The molecule has 0 unspecified atom stereocenters. The second kappa shape index (κ2) is 7.45. The fourth-order valence-corrected chi connectivity index (χ4v) is 2.38. The van der Waals surface area contributed by atoms with Gasteiger partial charge in [-0.15, -0.1) is 0 Å². The number of nitrogens with zero attached hydrogens (tertiary/aromatic N) is 2. The van der Waals surface area contributed by atoms with Crippen LogP contribution in [0.2, 0.25) is 0 Å². The summed E-state index contributed by atoms with van der Waals surface area (Å²) in [5, 5.41) is 6.02. The lowest BCUT2D eigenvalue weighted by molar-refractivity contribution is -0.121. The van der Waals surface area contributed by atoms with E-state index in [0.29, 0.717) is 17.6 Å². The Morgan fingerprint density at radius 2 is 2.04 bits per heavy atom. The van der Waals surface area contributed by atoms with Crippen LogP contribution in [0.3, 0.4) is 0 Å². The topological polar surface area (TPSA) is 89.2 Å². The van der Waals surface area contributed by atoms with Crippen LogP contribution in [0.15, 0.2) is 58.0 Å². The highest BCUT2D eigenvalue weighted by molar-refractivity contribution is 5.79. The van der Waals surface area contributed by atoms with E-state index in [1.165, 1.54) is 4.57 Å². The molecule has 0 spiro atoms. The molecule has 124 valence electrons. The van der Waals surface area contributed by atoms with Gasteiger partial charge >= 0.3 is 5.76 Å². The van der Waals surface area contributed by atoms with E-state index < -0.39 is 5.76 Å². The van der Waals surface area contributed by atoms with Crippen LogP contribution < -0.4 is 16.4 Å². The summed E-state index contributed by atoms with van der Waals surface area (Å²) in [7, 11) is 0. The lowest BCUT2D eigenvalue weighted by atomic mass is 10.3. The van der Waals surface area contributed by atoms with E-state index in [4.69, 9.17) is 4.42 Å². The number of hydrogen-bond acceptors (Lipinski definition) is 5. The van der Waals surface area contributed by atoms with Gasteiger partial charge in [0.15, 0.2) is 5.58 Å². The van der Waals surface area contributed by atoms with Crippen molar-refractivity contribution in [2.24, 2.45) is 0 Å². The van der Waals surface area contributed by atoms with Gasteiger partial charge in [-0.3, -0.25) is 14.3 Å². The molecule has 0 fully saturated rings. The summed E-state index contributed by atoms with van der Waals surface area (Å²) in [6.45, 7) is 1.20. The van der Waals surface area contributed by atoms with Gasteiger partial charge in [-0.25, -0.2) is 4.79 Å². The largest absolute Gasteiger partial charge is 0.420 e. The number of hydrogen-bond donors (Lipinski definition) is 2. The average Bonchev–Trinajstić information content (AvgIpc) is 2.91. The summed E-state index contributed by atoms with van der Waals surface area (Å²) in [6, 6.07) is 10.8. The standard InChI is InChI=1S/C17H18N4O3/c22-16(20-10-4-9-19-13-5-3-8-18-11-13)12-21-14-6-1-2-7-15(14)24-17(21)23/h1-3,5-8,11,19H,4,9-10,12H2,(H,20,22). The fourth-order valence-electron chi connectivity index (χ4n) is 2.38. The van der Waals surface area contributed by atoms with Crippen molar-refractivity contribution in [3.05, 3.63) is 59.3 Å². The van der Waals surface area contributed by atoms with Crippen LogP contribution in [0.25, 0.3) is 11.1 Å². The first-order valence-electron chi connectivity index (χ1n) is 7.73. The summed E-state index contributed by atoms with van der Waals surface area (Å²) in [4.78, 5) is 27.8. The number of carbonyl (C=O) groups is 1. The molecule has 24 heavy (non-hydrogen) atoms. The molecule has 7 nitrogen and oxygen atoms in total. The normalized spacial score (nSPS) is 10.7. The van der Waals surface area contributed by atoms with Gasteiger partial charge in [0.1, 0.15) is 6.54 Å². The Balaban J connectivity index is 1.46. The Kier molecular flexibility index (Phi) is 4.90. The number of pyridine rings is 1. The van der Waals surface area contributed by atoms with E-state index >= 15 is 0 Å². The second-order valence-electron chi connectivity index (χ2n) is 5.29. The van der Waals surface area contributed by atoms with Crippen molar-refractivity contribution >= 4 is 22.7 Å².